The van der Waals surface area contributed by atoms with Gasteiger partial charge in [0.15, 0.2) is 16.7 Å². The lowest BCUT2D eigenvalue weighted by molar-refractivity contribution is 0.471. The van der Waals surface area contributed by atoms with Crippen LogP contribution in [0.15, 0.2) is 77.1 Å². The number of thioether (sulfide) groups is 1. The summed E-state index contributed by atoms with van der Waals surface area (Å²) in [5, 5.41) is 6.83. The molecule has 0 aliphatic heterocycles. The number of rotatable bonds is 7. The van der Waals surface area contributed by atoms with Crippen molar-refractivity contribution in [2.75, 3.05) is 5.32 Å². The van der Waals surface area contributed by atoms with Crippen LogP contribution in [0.3, 0.4) is 0 Å². The molecule has 0 amide bonds. The summed E-state index contributed by atoms with van der Waals surface area (Å²) in [6.07, 6.45) is 1.77. The van der Waals surface area contributed by atoms with E-state index in [-0.39, 0.29) is 0 Å². The van der Waals surface area contributed by atoms with Gasteiger partial charge < -0.3 is 10.1 Å². The lowest BCUT2D eigenvalue weighted by Crippen LogP contribution is -1.99. The predicted octanol–water partition coefficient (Wildman–Crippen LogP) is 7.33. The Bertz CT molecular complexity index is 1100. The maximum atomic E-state index is 6.32. The Morgan fingerprint density at radius 3 is 2.62 bits per heavy atom. The Balaban J connectivity index is 1.65. The van der Waals surface area contributed by atoms with Gasteiger partial charge in [-0.1, -0.05) is 48.0 Å². The number of para-hydroxylation sites is 1. The molecule has 0 fully saturated rings. The molecule has 2 aromatic carbocycles. The van der Waals surface area contributed by atoms with Gasteiger partial charge in [-0.15, -0.1) is 23.1 Å². The molecule has 0 aliphatic carbocycles. The third kappa shape index (κ3) is 5.09. The molecule has 7 heteroatoms. The van der Waals surface area contributed by atoms with Gasteiger partial charge >= 0.3 is 0 Å². The van der Waals surface area contributed by atoms with Crippen LogP contribution in [0, 0.1) is 6.92 Å². The topological polar surface area (TPSA) is 47.0 Å². The number of nitrogens with zero attached hydrogens (tertiary/aromatic N) is 2. The van der Waals surface area contributed by atoms with Gasteiger partial charge in [0.1, 0.15) is 5.75 Å². The minimum atomic E-state index is 0.632. The number of pyridine rings is 1. The lowest BCUT2D eigenvalue weighted by Gasteiger charge is -2.15. The summed E-state index contributed by atoms with van der Waals surface area (Å²) in [4.78, 5) is 9.95. The Hall–Kier alpha value is -2.54. The Labute approximate surface area is 183 Å². The Morgan fingerprint density at radius 1 is 1.07 bits per heavy atom. The van der Waals surface area contributed by atoms with Crippen molar-refractivity contribution in [2.24, 2.45) is 0 Å². The first-order chi connectivity index (χ1) is 14.2. The normalized spacial score (nSPS) is 10.7. The molecule has 2 aromatic heterocycles. The number of hydrogen-bond acceptors (Lipinski definition) is 6. The van der Waals surface area contributed by atoms with Gasteiger partial charge in [0, 0.05) is 22.4 Å². The van der Waals surface area contributed by atoms with Gasteiger partial charge in [0.05, 0.1) is 10.6 Å². The van der Waals surface area contributed by atoms with Crippen molar-refractivity contribution in [3.8, 4) is 11.5 Å². The second-order valence-corrected chi connectivity index (χ2v) is 8.48. The molecule has 0 atom stereocenters. The van der Waals surface area contributed by atoms with Crippen molar-refractivity contribution in [2.45, 2.75) is 17.6 Å². The molecule has 0 radical (unpaired) electrons. The van der Waals surface area contributed by atoms with Crippen LogP contribution in [-0.2, 0) is 5.75 Å². The van der Waals surface area contributed by atoms with E-state index in [1.54, 1.807) is 18.0 Å². The van der Waals surface area contributed by atoms with Crippen molar-refractivity contribution in [1.82, 2.24) is 9.97 Å². The first kappa shape index (κ1) is 19.8. The summed E-state index contributed by atoms with van der Waals surface area (Å²) >= 11 is 9.52. The SMILES string of the molecule is Cc1csc(Nc2nccc(SCc3ccccc3Cl)c2Oc2ccccc2)n1. The molecule has 0 bridgehead atoms. The van der Waals surface area contributed by atoms with Gasteiger partial charge in [-0.2, -0.15) is 0 Å². The third-order valence-electron chi connectivity index (χ3n) is 4.02. The highest BCUT2D eigenvalue weighted by atomic mass is 35.5. The zero-order valence-electron chi connectivity index (χ0n) is 15.6. The zero-order valence-corrected chi connectivity index (χ0v) is 18.0. The Morgan fingerprint density at radius 2 is 1.86 bits per heavy atom. The van der Waals surface area contributed by atoms with E-state index in [0.717, 1.165) is 37.8 Å². The monoisotopic (exact) mass is 439 g/mol. The lowest BCUT2D eigenvalue weighted by atomic mass is 10.2. The fourth-order valence-corrected chi connectivity index (χ4v) is 4.58. The third-order valence-corrected chi connectivity index (χ3v) is 6.35. The van der Waals surface area contributed by atoms with E-state index in [4.69, 9.17) is 16.3 Å². The van der Waals surface area contributed by atoms with E-state index in [9.17, 15) is 0 Å². The van der Waals surface area contributed by atoms with Crippen LogP contribution in [0.4, 0.5) is 10.9 Å². The summed E-state index contributed by atoms with van der Waals surface area (Å²) in [6.45, 7) is 1.96. The average Bonchev–Trinajstić information content (AvgIpc) is 3.15. The van der Waals surface area contributed by atoms with Crippen LogP contribution in [0.2, 0.25) is 5.02 Å². The molecular weight excluding hydrogens is 422 g/mol. The van der Waals surface area contributed by atoms with Crippen molar-refractivity contribution in [3.63, 3.8) is 0 Å². The van der Waals surface area contributed by atoms with Crippen molar-refractivity contribution in [1.29, 1.82) is 0 Å². The van der Waals surface area contributed by atoms with Gasteiger partial charge in [-0.05, 0) is 36.8 Å². The van der Waals surface area contributed by atoms with Crippen molar-refractivity contribution >= 4 is 45.6 Å². The first-order valence-electron chi connectivity index (χ1n) is 8.96. The summed E-state index contributed by atoms with van der Waals surface area (Å²) in [5.41, 5.74) is 2.04. The van der Waals surface area contributed by atoms with E-state index < -0.39 is 0 Å². The molecule has 0 aliphatic rings. The molecule has 146 valence electrons. The highest BCUT2D eigenvalue weighted by molar-refractivity contribution is 7.98. The molecule has 4 aromatic rings. The minimum Gasteiger partial charge on any atom is -0.452 e. The first-order valence-corrected chi connectivity index (χ1v) is 11.2. The zero-order chi connectivity index (χ0) is 20.1. The van der Waals surface area contributed by atoms with Gasteiger partial charge in [-0.3, -0.25) is 0 Å². The van der Waals surface area contributed by atoms with Crippen molar-refractivity contribution in [3.05, 3.63) is 88.5 Å². The summed E-state index contributed by atoms with van der Waals surface area (Å²) in [5.74, 6) is 2.78. The van der Waals surface area contributed by atoms with E-state index in [2.05, 4.69) is 15.3 Å². The molecule has 0 unspecified atom stereocenters. The van der Waals surface area contributed by atoms with E-state index in [0.29, 0.717) is 11.6 Å². The molecule has 4 rings (SSSR count). The van der Waals surface area contributed by atoms with Crippen LogP contribution < -0.4 is 10.1 Å². The fourth-order valence-electron chi connectivity index (χ4n) is 2.62. The average molecular weight is 440 g/mol. The van der Waals surface area contributed by atoms with E-state index in [1.807, 2.05) is 73.0 Å². The minimum absolute atomic E-state index is 0.632. The maximum absolute atomic E-state index is 6.32. The second kappa shape index (κ2) is 9.31. The molecule has 29 heavy (non-hydrogen) atoms. The molecule has 0 saturated heterocycles. The Kier molecular flexibility index (Phi) is 6.34. The number of halogens is 1. The molecule has 2 heterocycles. The summed E-state index contributed by atoms with van der Waals surface area (Å²) < 4.78 is 6.24. The summed E-state index contributed by atoms with van der Waals surface area (Å²) in [7, 11) is 0. The van der Waals surface area contributed by atoms with Crippen LogP contribution in [0.25, 0.3) is 0 Å². The number of nitrogens with one attached hydrogen (secondary N) is 1. The van der Waals surface area contributed by atoms with Crippen LogP contribution >= 0.6 is 34.7 Å². The standard InChI is InChI=1S/C22H18ClN3OS2/c1-15-13-29-22(25-15)26-21-20(27-17-8-3-2-4-9-17)19(11-12-24-21)28-14-16-7-5-6-10-18(16)23/h2-13H,14H2,1H3,(H,24,25,26). The molecule has 0 spiro atoms. The van der Waals surface area contributed by atoms with Gasteiger partial charge in [-0.25, -0.2) is 9.97 Å². The molecule has 0 saturated carbocycles. The molecule has 1 N–H and O–H groups in total. The van der Waals surface area contributed by atoms with Crippen LogP contribution in [0.1, 0.15) is 11.3 Å². The molecule has 4 nitrogen and oxygen atoms in total. The quantitative estimate of drug-likeness (QED) is 0.305. The van der Waals surface area contributed by atoms with E-state index in [1.165, 1.54) is 11.3 Å². The maximum Gasteiger partial charge on any atom is 0.188 e. The van der Waals surface area contributed by atoms with Crippen LogP contribution in [-0.4, -0.2) is 9.97 Å². The highest BCUT2D eigenvalue weighted by Gasteiger charge is 2.15. The van der Waals surface area contributed by atoms with Gasteiger partial charge in [0.25, 0.3) is 0 Å². The number of aryl methyl sites for hydroxylation is 1. The van der Waals surface area contributed by atoms with Crippen molar-refractivity contribution < 1.29 is 4.74 Å². The number of thiazole rings is 1. The fraction of sp³-hybridized carbons (Fsp3) is 0.0909. The van der Waals surface area contributed by atoms with Gasteiger partial charge in [0.2, 0.25) is 0 Å². The smallest absolute Gasteiger partial charge is 0.188 e. The highest BCUT2D eigenvalue weighted by Crippen LogP contribution is 2.40. The summed E-state index contributed by atoms with van der Waals surface area (Å²) in [6, 6.07) is 19.5. The number of hydrogen-bond donors (Lipinski definition) is 1. The van der Waals surface area contributed by atoms with E-state index >= 15 is 0 Å². The largest absolute Gasteiger partial charge is 0.452 e. The number of anilines is 2. The number of aromatic nitrogens is 2. The second-order valence-electron chi connectivity index (χ2n) is 6.20. The molecular formula is C22H18ClN3OS2. The number of ether oxygens (including phenoxy) is 1. The number of benzene rings is 2. The van der Waals surface area contributed by atoms with Crippen LogP contribution in [0.5, 0.6) is 11.5 Å². The predicted molar refractivity (Wildman–Crippen MR) is 122 cm³/mol.